The third-order valence-corrected chi connectivity index (χ3v) is 23.4. The molecule has 2 aromatic rings. The second kappa shape index (κ2) is 23.1. The number of aliphatic hydroxyl groups excluding tert-OH is 6. The van der Waals surface area contributed by atoms with Crippen LogP contribution in [0.3, 0.4) is 0 Å². The van der Waals surface area contributed by atoms with Gasteiger partial charge in [-0.1, -0.05) is 59.4 Å². The highest BCUT2D eigenvalue weighted by atomic mass is 33.1. The fourth-order valence-electron chi connectivity index (χ4n) is 16.3. The summed E-state index contributed by atoms with van der Waals surface area (Å²) >= 11 is 0. The van der Waals surface area contributed by atoms with E-state index in [2.05, 4.69) is 29.4 Å². The highest BCUT2D eigenvalue weighted by Crippen LogP contribution is 2.70. The summed E-state index contributed by atoms with van der Waals surface area (Å²) in [5.41, 5.74) is -6.06. The maximum absolute atomic E-state index is 13.8. The smallest absolute Gasteiger partial charge is 0.306 e. The number of carbonyl (C=O) groups excluding carboxylic acids is 1. The largest absolute Gasteiger partial charge is 0.485 e. The molecule has 16 nitrogen and oxygen atoms in total. The van der Waals surface area contributed by atoms with E-state index >= 15 is 0 Å². The number of benzene rings is 1. The molecule has 0 amide bonds. The van der Waals surface area contributed by atoms with Crippen molar-refractivity contribution >= 4 is 38.5 Å². The number of aryl methyl sites for hydroxylation is 1. The summed E-state index contributed by atoms with van der Waals surface area (Å²) < 4.78 is 32.4. The van der Waals surface area contributed by atoms with Crippen LogP contribution in [0.25, 0.3) is 11.0 Å². The van der Waals surface area contributed by atoms with Gasteiger partial charge < -0.3 is 74.9 Å². The third kappa shape index (κ3) is 9.86. The molecule has 0 radical (unpaired) electrons. The van der Waals surface area contributed by atoms with E-state index in [4.69, 9.17) is 23.4 Å². The Hall–Kier alpha value is -2.61. The van der Waals surface area contributed by atoms with Crippen molar-refractivity contribution in [3.8, 4) is 23.3 Å². The predicted molar refractivity (Wildman–Crippen MR) is 289 cm³/mol. The van der Waals surface area contributed by atoms with Gasteiger partial charge in [-0.15, -0.1) is 5.92 Å². The van der Waals surface area contributed by atoms with E-state index in [1.54, 1.807) is 35.9 Å². The Labute approximate surface area is 455 Å². The van der Waals surface area contributed by atoms with Crippen LogP contribution in [-0.4, -0.2) is 157 Å². The number of rotatable bonds is 9. The van der Waals surface area contributed by atoms with Gasteiger partial charge in [0.05, 0.1) is 31.2 Å². The molecule has 8 aliphatic rings. The second-order valence-corrected chi connectivity index (χ2v) is 26.8. The van der Waals surface area contributed by atoms with Gasteiger partial charge in [0.25, 0.3) is 0 Å². The molecule has 3 saturated carbocycles. The average molecular weight is 1100 g/mol. The molecule has 76 heavy (non-hydrogen) atoms. The van der Waals surface area contributed by atoms with Crippen molar-refractivity contribution in [1.29, 1.82) is 0 Å². The molecule has 4 heterocycles. The Morgan fingerprint density at radius 3 is 2.64 bits per heavy atom. The lowest BCUT2D eigenvalue weighted by Gasteiger charge is -2.67. The SMILES string of the molecule is CCOC(=O)CCc1cc2ccoc2c2c1OC1OC3(CSSC4(CCC56CC(CC#CC(CCO)C(O)CCC54)C(CNC)C6)C(CCC(C)CCCC3O)NCCO2)C2(O)CC3C=CC(O)C(CO)C3C1(O)C2O. The van der Waals surface area contributed by atoms with Crippen molar-refractivity contribution in [2.45, 2.75) is 175 Å². The minimum atomic E-state index is -2.52. The first-order valence-corrected chi connectivity index (χ1v) is 30.8. The van der Waals surface area contributed by atoms with Crippen LogP contribution in [0, 0.1) is 64.6 Å². The topological polar surface area (TPSA) is 253 Å². The Morgan fingerprint density at radius 2 is 1.86 bits per heavy atom. The quantitative estimate of drug-likeness (QED) is 0.0685. The van der Waals surface area contributed by atoms with Gasteiger partial charge in [0.2, 0.25) is 12.0 Å². The van der Waals surface area contributed by atoms with Gasteiger partial charge in [0.1, 0.15) is 23.9 Å². The van der Waals surface area contributed by atoms with Crippen molar-refractivity contribution in [3.05, 3.63) is 36.1 Å². The van der Waals surface area contributed by atoms with Gasteiger partial charge >= 0.3 is 5.97 Å². The summed E-state index contributed by atoms with van der Waals surface area (Å²) in [5.74, 6) is 4.59. The van der Waals surface area contributed by atoms with E-state index in [9.17, 15) is 45.6 Å². The molecule has 1 aromatic heterocycles. The summed E-state index contributed by atoms with van der Waals surface area (Å²) in [6.45, 7) is 4.98. The first kappa shape index (κ1) is 56.7. The molecule has 10 N–H and O–H groups in total. The van der Waals surface area contributed by atoms with Crippen LogP contribution < -0.4 is 20.1 Å². The number of hydrogen-bond donors (Lipinski definition) is 10. The molecule has 3 spiro atoms. The van der Waals surface area contributed by atoms with E-state index in [-0.39, 0.29) is 92.0 Å². The Bertz CT molecular complexity index is 2450. The lowest BCUT2D eigenvalue weighted by atomic mass is 9.50. The van der Waals surface area contributed by atoms with Crippen LogP contribution in [-0.2, 0) is 20.7 Å². The molecule has 5 aliphatic carbocycles. The summed E-state index contributed by atoms with van der Waals surface area (Å²) in [4.78, 5) is 13.1. The molecular formula is C58H84N2O14S2. The lowest BCUT2D eigenvalue weighted by Crippen LogP contribution is -2.86. The van der Waals surface area contributed by atoms with E-state index in [0.717, 1.165) is 64.3 Å². The monoisotopic (exact) mass is 1100 g/mol. The van der Waals surface area contributed by atoms with Gasteiger partial charge in [-0.3, -0.25) is 4.79 Å². The Kier molecular flexibility index (Phi) is 17.2. The summed E-state index contributed by atoms with van der Waals surface area (Å²) in [6, 6.07) is 3.54. The van der Waals surface area contributed by atoms with Crippen LogP contribution in [0.4, 0.5) is 0 Å². The van der Waals surface area contributed by atoms with E-state index < -0.39 is 82.6 Å². The first-order valence-electron chi connectivity index (χ1n) is 28.5. The Morgan fingerprint density at radius 1 is 1.01 bits per heavy atom. The number of ether oxygens (including phenoxy) is 4. The Balaban J connectivity index is 1.16. The van der Waals surface area contributed by atoms with Gasteiger partial charge in [-0.25, -0.2) is 0 Å². The third-order valence-electron chi connectivity index (χ3n) is 20.0. The summed E-state index contributed by atoms with van der Waals surface area (Å²) in [5, 5.41) is 107. The number of allylic oxidation sites excluding steroid dienone is 1. The molecule has 1 aromatic carbocycles. The number of furan rings is 1. The van der Waals surface area contributed by atoms with Gasteiger partial charge in [-0.05, 0) is 150 Å². The predicted octanol–water partition coefficient (Wildman–Crippen LogP) is 5.02. The van der Waals surface area contributed by atoms with Crippen LogP contribution in [0.1, 0.15) is 116 Å². The highest BCUT2D eigenvalue weighted by molar-refractivity contribution is 8.77. The zero-order valence-electron chi connectivity index (χ0n) is 44.6. The van der Waals surface area contributed by atoms with Crippen LogP contribution in [0.2, 0.25) is 0 Å². The summed E-state index contributed by atoms with van der Waals surface area (Å²) in [7, 11) is 5.31. The number of esters is 1. The van der Waals surface area contributed by atoms with Crippen molar-refractivity contribution in [2.75, 3.05) is 52.3 Å². The van der Waals surface area contributed by atoms with Crippen molar-refractivity contribution < 1.29 is 69.0 Å². The molecule has 19 atom stereocenters. The zero-order valence-corrected chi connectivity index (χ0v) is 46.2. The van der Waals surface area contributed by atoms with Crippen molar-refractivity contribution in [3.63, 3.8) is 0 Å². The average Bonchev–Trinajstić information content (AvgIpc) is 4.21. The van der Waals surface area contributed by atoms with Crippen molar-refractivity contribution in [1.82, 2.24) is 10.6 Å². The molecule has 422 valence electrons. The molecule has 7 bridgehead atoms. The van der Waals surface area contributed by atoms with Crippen LogP contribution >= 0.6 is 21.6 Å². The second-order valence-electron chi connectivity index (χ2n) is 24.1. The first-order chi connectivity index (χ1) is 36.6. The van der Waals surface area contributed by atoms with E-state index in [1.807, 2.05) is 13.1 Å². The van der Waals surface area contributed by atoms with Crippen LogP contribution in [0.5, 0.6) is 11.5 Å². The molecular weight excluding hydrogens is 1010 g/mol. The molecule has 18 heteroatoms. The van der Waals surface area contributed by atoms with Crippen molar-refractivity contribution in [2.24, 2.45) is 52.8 Å². The van der Waals surface area contributed by atoms with Gasteiger partial charge in [-0.2, -0.15) is 0 Å². The fraction of sp³-hybridized carbons (Fsp3) is 0.776. The number of fused-ring (bicyclic) bond motifs is 12. The van der Waals surface area contributed by atoms with Gasteiger partial charge in [0, 0.05) is 72.3 Å². The summed E-state index contributed by atoms with van der Waals surface area (Å²) in [6.07, 6.45) is 7.04. The molecule has 2 saturated heterocycles. The standard InChI is InChI=1S/C58H84N2O14S2/c1-4-70-47(66)18-13-36-27-37-20-25-71-49(37)51-50(36)73-53-58(69)48-39(12-14-43(64)41(48)32-62)30-56(68,52(58)67)57(74-53)33-75-76-55(45(60-23-26-72-51)17-11-34(2)7-5-10-46(57)65)22-21-54-28-38(40(29-54)31-59-3)9-6-8-35(19-24-61)42(63)15-16-44(54)55/h12,14,20,25,27,34-35,38-46,48,52-53,59-65,67-69H,4-5,7,9-11,13,15-19,21-24,26,28-33H2,1-3H3. The van der Waals surface area contributed by atoms with E-state index in [0.29, 0.717) is 54.2 Å². The van der Waals surface area contributed by atoms with Crippen LogP contribution in [0.15, 0.2) is 35.0 Å². The lowest BCUT2D eigenvalue weighted by molar-refractivity contribution is -0.424. The molecule has 19 unspecified atom stereocenters. The highest BCUT2D eigenvalue weighted by Gasteiger charge is 2.78. The normalized spacial score (nSPS) is 43.6. The zero-order chi connectivity index (χ0) is 53.6. The minimum absolute atomic E-state index is 0.0322. The van der Waals surface area contributed by atoms with Gasteiger partial charge in [0.15, 0.2) is 16.9 Å². The number of aliphatic hydroxyl groups is 8. The molecule has 5 fully saturated rings. The maximum atomic E-state index is 13.8. The maximum Gasteiger partial charge on any atom is 0.306 e. The van der Waals surface area contributed by atoms with E-state index in [1.165, 1.54) is 17.1 Å². The molecule has 10 rings (SSSR count). The molecule has 3 aliphatic heterocycles. The minimum Gasteiger partial charge on any atom is -0.485 e. The number of nitrogens with one attached hydrogen (secondary N) is 2. The number of hydrogen-bond acceptors (Lipinski definition) is 18. The number of carbonyl (C=O) groups is 1. The fourth-order valence-corrected chi connectivity index (χ4v) is 20.5.